The topological polar surface area (TPSA) is 49.4 Å². The number of nitrogens with one attached hydrogen (secondary N) is 1. The van der Waals surface area contributed by atoms with Crippen LogP contribution in [0.25, 0.3) is 0 Å². The number of rotatable bonds is 4. The Morgan fingerprint density at radius 1 is 1.40 bits per heavy atom. The first kappa shape index (κ1) is 10.6. The summed E-state index contributed by atoms with van der Waals surface area (Å²) in [6, 6.07) is 0.434. The molecular weight excluding hydrogens is 192 g/mol. The molecule has 1 aliphatic carbocycles. The van der Waals surface area contributed by atoms with Crippen molar-refractivity contribution in [2.24, 2.45) is 5.92 Å². The van der Waals surface area contributed by atoms with Crippen molar-refractivity contribution in [2.45, 2.75) is 31.7 Å². The number of amides is 1. The average Bonchev–Trinajstić information content (AvgIpc) is 3.02. The molecule has 0 aromatic heterocycles. The molecule has 1 heterocycles. The number of likely N-dealkylation sites (tertiary alicyclic amines) is 1. The highest BCUT2D eigenvalue weighted by Crippen LogP contribution is 2.19. The number of hydrogen-bond donors (Lipinski definition) is 1. The Bertz CT molecular complexity index is 251. The second kappa shape index (κ2) is 4.75. The molecule has 0 aromatic carbocycles. The van der Waals surface area contributed by atoms with Gasteiger partial charge < -0.3 is 10.1 Å². The van der Waals surface area contributed by atoms with Gasteiger partial charge in [-0.3, -0.25) is 9.69 Å². The van der Waals surface area contributed by atoms with E-state index < -0.39 is 0 Å². The monoisotopic (exact) mass is 210 g/mol. The van der Waals surface area contributed by atoms with E-state index in [4.69, 9.17) is 0 Å². The van der Waals surface area contributed by atoms with Crippen molar-refractivity contribution in [3.05, 3.63) is 0 Å². The van der Waals surface area contributed by atoms with Crippen LogP contribution in [0, 0.1) is 5.92 Å². The van der Waals surface area contributed by atoms with E-state index in [0.717, 1.165) is 45.1 Å². The fourth-order valence-corrected chi connectivity index (χ4v) is 2.05. The molecule has 4 nitrogen and oxygen atoms in total. The van der Waals surface area contributed by atoms with Crippen molar-refractivity contribution in [1.82, 2.24) is 10.2 Å². The molecule has 0 spiro atoms. The second-order valence-electron chi connectivity index (χ2n) is 4.62. The van der Waals surface area contributed by atoms with E-state index in [1.54, 1.807) is 0 Å². The summed E-state index contributed by atoms with van der Waals surface area (Å²) in [6.45, 7) is 2.16. The number of carbonyl (C=O) groups is 2. The molecule has 0 radical (unpaired) electrons. The van der Waals surface area contributed by atoms with Crippen molar-refractivity contribution >= 4 is 12.2 Å². The van der Waals surface area contributed by atoms with Crippen molar-refractivity contribution in [2.75, 3.05) is 19.6 Å². The molecule has 1 aliphatic heterocycles. The molecular formula is C11H18N2O2. The Balaban J connectivity index is 1.72. The third kappa shape index (κ3) is 3.30. The zero-order chi connectivity index (χ0) is 10.7. The van der Waals surface area contributed by atoms with Gasteiger partial charge in [0.1, 0.15) is 6.29 Å². The van der Waals surface area contributed by atoms with Gasteiger partial charge in [0.2, 0.25) is 5.91 Å². The molecule has 2 fully saturated rings. The Morgan fingerprint density at radius 3 is 2.87 bits per heavy atom. The van der Waals surface area contributed by atoms with E-state index in [9.17, 15) is 9.59 Å². The second-order valence-corrected chi connectivity index (χ2v) is 4.62. The fourth-order valence-electron chi connectivity index (χ4n) is 2.05. The van der Waals surface area contributed by atoms with Crippen LogP contribution in [0.2, 0.25) is 0 Å². The Hall–Kier alpha value is -0.900. The zero-order valence-electron chi connectivity index (χ0n) is 8.95. The summed E-state index contributed by atoms with van der Waals surface area (Å²) in [5.41, 5.74) is 0. The Kier molecular flexibility index (Phi) is 3.36. The summed E-state index contributed by atoms with van der Waals surface area (Å²) in [5, 5.41) is 2.97. The van der Waals surface area contributed by atoms with Crippen LogP contribution < -0.4 is 5.32 Å². The van der Waals surface area contributed by atoms with Crippen molar-refractivity contribution in [3.8, 4) is 0 Å². The number of carbonyl (C=O) groups excluding carboxylic acids is 2. The van der Waals surface area contributed by atoms with Gasteiger partial charge in [0, 0.05) is 18.5 Å². The number of hydrogen-bond acceptors (Lipinski definition) is 3. The lowest BCUT2D eigenvalue weighted by atomic mass is 10.00. The third-order valence-electron chi connectivity index (χ3n) is 3.04. The Labute approximate surface area is 90.0 Å². The highest BCUT2D eigenvalue weighted by Gasteiger charge is 2.25. The van der Waals surface area contributed by atoms with Gasteiger partial charge in [-0.25, -0.2) is 0 Å². The number of aldehydes is 1. The van der Waals surface area contributed by atoms with Crippen LogP contribution >= 0.6 is 0 Å². The summed E-state index contributed by atoms with van der Waals surface area (Å²) in [5.74, 6) is 0.247. The lowest BCUT2D eigenvalue weighted by molar-refractivity contribution is -0.123. The maximum absolute atomic E-state index is 11.5. The average molecular weight is 210 g/mol. The van der Waals surface area contributed by atoms with Crippen molar-refractivity contribution in [3.63, 3.8) is 0 Å². The van der Waals surface area contributed by atoms with Crippen LogP contribution in [0.15, 0.2) is 0 Å². The lowest BCUT2D eigenvalue weighted by Gasteiger charge is -2.29. The molecule has 2 rings (SSSR count). The summed E-state index contributed by atoms with van der Waals surface area (Å²) < 4.78 is 0. The smallest absolute Gasteiger partial charge is 0.234 e. The van der Waals surface area contributed by atoms with Crippen LogP contribution in [0.1, 0.15) is 25.7 Å². The molecule has 1 saturated heterocycles. The minimum atomic E-state index is 0.115. The zero-order valence-corrected chi connectivity index (χ0v) is 8.95. The SMILES string of the molecule is O=CC1CCCN(CC(=O)NC2CC2)C1. The molecule has 0 aromatic rings. The van der Waals surface area contributed by atoms with E-state index in [-0.39, 0.29) is 11.8 Å². The van der Waals surface area contributed by atoms with Crippen LogP contribution in [0.5, 0.6) is 0 Å². The predicted molar refractivity (Wildman–Crippen MR) is 56.4 cm³/mol. The number of nitrogens with zero attached hydrogens (tertiary/aromatic N) is 1. The quantitative estimate of drug-likeness (QED) is 0.673. The van der Waals surface area contributed by atoms with Crippen LogP contribution in [0.3, 0.4) is 0 Å². The standard InChI is InChI=1S/C11H18N2O2/c14-8-9-2-1-5-13(6-9)7-11(15)12-10-3-4-10/h8-10H,1-7H2,(H,12,15). The normalized spacial score (nSPS) is 27.3. The van der Waals surface area contributed by atoms with E-state index in [2.05, 4.69) is 10.2 Å². The van der Waals surface area contributed by atoms with Gasteiger partial charge in [-0.1, -0.05) is 0 Å². The first-order valence-electron chi connectivity index (χ1n) is 5.75. The summed E-state index contributed by atoms with van der Waals surface area (Å²) in [6.07, 6.45) is 5.28. The molecule has 1 unspecified atom stereocenters. The van der Waals surface area contributed by atoms with Crippen molar-refractivity contribution in [1.29, 1.82) is 0 Å². The Morgan fingerprint density at radius 2 is 2.20 bits per heavy atom. The van der Waals surface area contributed by atoms with Gasteiger partial charge in [0.25, 0.3) is 0 Å². The molecule has 4 heteroatoms. The fraction of sp³-hybridized carbons (Fsp3) is 0.818. The van der Waals surface area contributed by atoms with E-state index in [1.807, 2.05) is 0 Å². The molecule has 1 atom stereocenters. The van der Waals surface area contributed by atoms with Gasteiger partial charge in [-0.05, 0) is 32.2 Å². The highest BCUT2D eigenvalue weighted by atomic mass is 16.2. The first-order chi connectivity index (χ1) is 7.28. The van der Waals surface area contributed by atoms with Crippen LogP contribution in [-0.4, -0.2) is 42.8 Å². The van der Waals surface area contributed by atoms with E-state index in [1.165, 1.54) is 0 Å². The summed E-state index contributed by atoms with van der Waals surface area (Å²) in [7, 11) is 0. The van der Waals surface area contributed by atoms with Gasteiger partial charge in [0.05, 0.1) is 6.54 Å². The van der Waals surface area contributed by atoms with E-state index >= 15 is 0 Å². The number of piperidine rings is 1. The summed E-state index contributed by atoms with van der Waals surface area (Å²) >= 11 is 0. The largest absolute Gasteiger partial charge is 0.352 e. The minimum Gasteiger partial charge on any atom is -0.352 e. The maximum Gasteiger partial charge on any atom is 0.234 e. The summed E-state index contributed by atoms with van der Waals surface area (Å²) in [4.78, 5) is 24.3. The predicted octanol–water partition coefficient (Wildman–Crippen LogP) is 0.176. The third-order valence-corrected chi connectivity index (χ3v) is 3.04. The van der Waals surface area contributed by atoms with Crippen molar-refractivity contribution < 1.29 is 9.59 Å². The molecule has 2 aliphatic rings. The maximum atomic E-state index is 11.5. The van der Waals surface area contributed by atoms with E-state index in [0.29, 0.717) is 12.6 Å². The van der Waals surface area contributed by atoms with Crippen LogP contribution in [-0.2, 0) is 9.59 Å². The lowest BCUT2D eigenvalue weighted by Crippen LogP contribution is -2.43. The highest BCUT2D eigenvalue weighted by molar-refractivity contribution is 5.78. The molecule has 84 valence electrons. The van der Waals surface area contributed by atoms with Gasteiger partial charge in [0.15, 0.2) is 0 Å². The molecule has 1 saturated carbocycles. The molecule has 0 bridgehead atoms. The first-order valence-corrected chi connectivity index (χ1v) is 5.75. The van der Waals surface area contributed by atoms with Gasteiger partial charge >= 0.3 is 0 Å². The molecule has 15 heavy (non-hydrogen) atoms. The van der Waals surface area contributed by atoms with Crippen LogP contribution in [0.4, 0.5) is 0 Å². The molecule has 1 N–H and O–H groups in total. The minimum absolute atomic E-state index is 0.115. The van der Waals surface area contributed by atoms with Gasteiger partial charge in [-0.2, -0.15) is 0 Å². The molecule has 1 amide bonds. The van der Waals surface area contributed by atoms with Gasteiger partial charge in [-0.15, -0.1) is 0 Å².